The number of anilines is 2. The lowest BCUT2D eigenvalue weighted by Gasteiger charge is -2.13. The molecular formula is C23H23N3O. The molecule has 4 heteroatoms. The Balaban J connectivity index is 1.38. The van der Waals surface area contributed by atoms with E-state index in [-0.39, 0.29) is 0 Å². The predicted octanol–water partition coefficient (Wildman–Crippen LogP) is 5.11. The SMILES string of the molecule is CN(C)c1ccc2c(c1)NC(=NCc1ccc(Oc3ccccc3)cc1)C2. The van der Waals surface area contributed by atoms with E-state index >= 15 is 0 Å². The van der Waals surface area contributed by atoms with Crippen LogP contribution in [0.1, 0.15) is 11.1 Å². The fourth-order valence-corrected chi connectivity index (χ4v) is 3.06. The quantitative estimate of drug-likeness (QED) is 0.689. The number of nitrogens with one attached hydrogen (secondary N) is 1. The van der Waals surface area contributed by atoms with Gasteiger partial charge in [0.1, 0.15) is 17.3 Å². The van der Waals surface area contributed by atoms with Gasteiger partial charge in [-0.3, -0.25) is 4.99 Å². The first kappa shape index (κ1) is 17.2. The van der Waals surface area contributed by atoms with Crippen LogP contribution in [0.4, 0.5) is 11.4 Å². The molecule has 0 unspecified atom stereocenters. The number of amidine groups is 1. The molecule has 0 saturated heterocycles. The van der Waals surface area contributed by atoms with Gasteiger partial charge in [-0.2, -0.15) is 0 Å². The molecule has 0 amide bonds. The molecule has 1 aliphatic rings. The summed E-state index contributed by atoms with van der Waals surface area (Å²) in [5.41, 5.74) is 4.81. The molecule has 136 valence electrons. The number of benzene rings is 3. The monoisotopic (exact) mass is 357 g/mol. The van der Waals surface area contributed by atoms with Crippen LogP contribution in [-0.4, -0.2) is 19.9 Å². The van der Waals surface area contributed by atoms with E-state index in [9.17, 15) is 0 Å². The molecule has 3 aromatic rings. The van der Waals surface area contributed by atoms with Crippen molar-refractivity contribution in [2.24, 2.45) is 4.99 Å². The fourth-order valence-electron chi connectivity index (χ4n) is 3.06. The smallest absolute Gasteiger partial charge is 0.127 e. The number of hydrogen-bond acceptors (Lipinski definition) is 3. The van der Waals surface area contributed by atoms with Gasteiger partial charge in [0.2, 0.25) is 0 Å². The minimum Gasteiger partial charge on any atom is -0.457 e. The Morgan fingerprint density at radius 1 is 0.926 bits per heavy atom. The maximum Gasteiger partial charge on any atom is 0.127 e. The average molecular weight is 357 g/mol. The van der Waals surface area contributed by atoms with Gasteiger partial charge in [0.05, 0.1) is 6.54 Å². The van der Waals surface area contributed by atoms with E-state index < -0.39 is 0 Å². The van der Waals surface area contributed by atoms with Crippen LogP contribution in [0, 0.1) is 0 Å². The van der Waals surface area contributed by atoms with E-state index in [0.717, 1.165) is 35.0 Å². The molecule has 4 rings (SSSR count). The van der Waals surface area contributed by atoms with Crippen molar-refractivity contribution in [1.82, 2.24) is 0 Å². The Morgan fingerprint density at radius 2 is 1.67 bits per heavy atom. The van der Waals surface area contributed by atoms with Crippen LogP contribution < -0.4 is 15.0 Å². The number of para-hydroxylation sites is 1. The lowest BCUT2D eigenvalue weighted by Crippen LogP contribution is -2.09. The second kappa shape index (κ2) is 7.54. The molecule has 0 aromatic heterocycles. The van der Waals surface area contributed by atoms with Crippen molar-refractivity contribution in [2.45, 2.75) is 13.0 Å². The average Bonchev–Trinajstić information content (AvgIpc) is 3.10. The van der Waals surface area contributed by atoms with Crippen molar-refractivity contribution in [3.63, 3.8) is 0 Å². The van der Waals surface area contributed by atoms with E-state index in [4.69, 9.17) is 9.73 Å². The Labute approximate surface area is 160 Å². The van der Waals surface area contributed by atoms with Gasteiger partial charge in [0, 0.05) is 31.9 Å². The zero-order valence-corrected chi connectivity index (χ0v) is 15.6. The van der Waals surface area contributed by atoms with E-state index in [2.05, 4.69) is 54.6 Å². The Kier molecular flexibility index (Phi) is 4.79. The normalized spacial score (nSPS) is 13.9. The second-order valence-electron chi connectivity index (χ2n) is 6.86. The summed E-state index contributed by atoms with van der Waals surface area (Å²) in [6, 6.07) is 24.4. The van der Waals surface area contributed by atoms with Gasteiger partial charge in [0.25, 0.3) is 0 Å². The molecule has 0 spiro atoms. The summed E-state index contributed by atoms with van der Waals surface area (Å²) in [6.07, 6.45) is 0.859. The van der Waals surface area contributed by atoms with E-state index in [0.29, 0.717) is 6.54 Å². The minimum atomic E-state index is 0.655. The van der Waals surface area contributed by atoms with Crippen LogP contribution in [0.5, 0.6) is 11.5 Å². The van der Waals surface area contributed by atoms with E-state index in [1.54, 1.807) is 0 Å². The van der Waals surface area contributed by atoms with Crippen LogP contribution in [0.3, 0.4) is 0 Å². The number of hydrogen-bond donors (Lipinski definition) is 1. The first-order valence-electron chi connectivity index (χ1n) is 9.10. The zero-order chi connectivity index (χ0) is 18.6. The Morgan fingerprint density at radius 3 is 2.41 bits per heavy atom. The van der Waals surface area contributed by atoms with E-state index in [1.165, 1.54) is 11.3 Å². The topological polar surface area (TPSA) is 36.9 Å². The molecule has 1 aliphatic heterocycles. The van der Waals surface area contributed by atoms with Crippen LogP contribution in [-0.2, 0) is 13.0 Å². The molecule has 3 aromatic carbocycles. The Bertz CT molecular complexity index is 947. The highest BCUT2D eigenvalue weighted by Crippen LogP contribution is 2.28. The summed E-state index contributed by atoms with van der Waals surface area (Å²) in [5.74, 6) is 2.70. The second-order valence-corrected chi connectivity index (χ2v) is 6.86. The van der Waals surface area contributed by atoms with Gasteiger partial charge >= 0.3 is 0 Å². The summed E-state index contributed by atoms with van der Waals surface area (Å²) >= 11 is 0. The number of aliphatic imine (C=N–C) groups is 1. The van der Waals surface area contributed by atoms with Crippen molar-refractivity contribution in [3.05, 3.63) is 83.9 Å². The van der Waals surface area contributed by atoms with Gasteiger partial charge < -0.3 is 15.0 Å². The van der Waals surface area contributed by atoms with Gasteiger partial charge in [-0.15, -0.1) is 0 Å². The summed E-state index contributed by atoms with van der Waals surface area (Å²) in [4.78, 5) is 6.85. The highest BCUT2D eigenvalue weighted by molar-refractivity contribution is 6.03. The maximum absolute atomic E-state index is 5.83. The van der Waals surface area contributed by atoms with Crippen LogP contribution in [0.25, 0.3) is 0 Å². The van der Waals surface area contributed by atoms with Crippen LogP contribution >= 0.6 is 0 Å². The predicted molar refractivity (Wildman–Crippen MR) is 112 cm³/mol. The molecule has 0 aliphatic carbocycles. The van der Waals surface area contributed by atoms with Crippen LogP contribution in [0.15, 0.2) is 77.8 Å². The molecule has 27 heavy (non-hydrogen) atoms. The third kappa shape index (κ3) is 4.11. The lowest BCUT2D eigenvalue weighted by atomic mass is 10.1. The summed E-state index contributed by atoms with van der Waals surface area (Å²) < 4.78 is 5.83. The fraction of sp³-hybridized carbons (Fsp3) is 0.174. The molecule has 1 N–H and O–H groups in total. The van der Waals surface area contributed by atoms with Crippen molar-refractivity contribution in [1.29, 1.82) is 0 Å². The van der Waals surface area contributed by atoms with Crippen LogP contribution in [0.2, 0.25) is 0 Å². The molecule has 0 bridgehead atoms. The summed E-state index contributed by atoms with van der Waals surface area (Å²) in [7, 11) is 4.10. The highest BCUT2D eigenvalue weighted by atomic mass is 16.5. The van der Waals surface area contributed by atoms with Crippen molar-refractivity contribution >= 4 is 17.2 Å². The number of fused-ring (bicyclic) bond motifs is 1. The Hall–Kier alpha value is -3.27. The van der Waals surface area contributed by atoms with Crippen molar-refractivity contribution < 1.29 is 4.74 Å². The largest absolute Gasteiger partial charge is 0.457 e. The van der Waals surface area contributed by atoms with Crippen molar-refractivity contribution in [2.75, 3.05) is 24.3 Å². The molecule has 0 atom stereocenters. The van der Waals surface area contributed by atoms with E-state index in [1.807, 2.05) is 42.5 Å². The zero-order valence-electron chi connectivity index (χ0n) is 15.6. The first-order valence-corrected chi connectivity index (χ1v) is 9.10. The highest BCUT2D eigenvalue weighted by Gasteiger charge is 2.16. The molecule has 0 fully saturated rings. The lowest BCUT2D eigenvalue weighted by molar-refractivity contribution is 0.482. The summed E-state index contributed by atoms with van der Waals surface area (Å²) in [5, 5.41) is 3.44. The summed E-state index contributed by atoms with van der Waals surface area (Å²) in [6.45, 7) is 0.655. The van der Waals surface area contributed by atoms with Crippen molar-refractivity contribution in [3.8, 4) is 11.5 Å². The minimum absolute atomic E-state index is 0.655. The third-order valence-electron chi connectivity index (χ3n) is 4.60. The molecule has 0 radical (unpaired) electrons. The van der Waals surface area contributed by atoms with Gasteiger partial charge in [-0.25, -0.2) is 0 Å². The maximum atomic E-state index is 5.83. The number of ether oxygens (including phenoxy) is 1. The van der Waals surface area contributed by atoms with Gasteiger partial charge in [-0.1, -0.05) is 36.4 Å². The molecular weight excluding hydrogens is 334 g/mol. The van der Waals surface area contributed by atoms with Gasteiger partial charge in [0.15, 0.2) is 0 Å². The number of nitrogens with zero attached hydrogens (tertiary/aromatic N) is 2. The number of rotatable bonds is 5. The standard InChI is InChI=1S/C23H23N3O/c1-26(2)19-11-10-18-14-23(25-22(18)15-19)24-16-17-8-12-21(13-9-17)27-20-6-4-3-5-7-20/h3-13,15H,14,16H2,1-2H3,(H,24,25). The van der Waals surface area contributed by atoms with Gasteiger partial charge in [-0.05, 0) is 47.5 Å². The molecule has 4 nitrogen and oxygen atoms in total. The molecule has 0 saturated carbocycles. The third-order valence-corrected chi connectivity index (χ3v) is 4.60. The first-order chi connectivity index (χ1) is 13.2. The molecule has 1 heterocycles.